The molecular formula is C27H26F4N8O2. The maximum atomic E-state index is 14.8. The largest absolute Gasteiger partial charge is 0.496 e. The number of ether oxygens (including phenoxy) is 1. The van der Waals surface area contributed by atoms with Crippen molar-refractivity contribution in [1.82, 2.24) is 24.8 Å². The van der Waals surface area contributed by atoms with Crippen LogP contribution in [0.1, 0.15) is 22.8 Å². The van der Waals surface area contributed by atoms with E-state index in [9.17, 15) is 22.4 Å². The average Bonchev–Trinajstić information content (AvgIpc) is 2.97. The zero-order valence-electron chi connectivity index (χ0n) is 22.2. The third-order valence-corrected chi connectivity index (χ3v) is 6.71. The second kappa shape index (κ2) is 11.5. The first-order valence-corrected chi connectivity index (χ1v) is 12.7. The average molecular weight is 571 g/mol. The molecule has 1 aliphatic rings. The second-order valence-corrected chi connectivity index (χ2v) is 9.23. The monoisotopic (exact) mass is 570 g/mol. The second-order valence-electron chi connectivity index (χ2n) is 9.23. The molecule has 214 valence electrons. The lowest BCUT2D eigenvalue weighted by molar-refractivity contribution is -0.138. The number of rotatable bonds is 7. The Morgan fingerprint density at radius 2 is 1.83 bits per heavy atom. The van der Waals surface area contributed by atoms with Gasteiger partial charge in [0.25, 0.3) is 5.91 Å². The molecular weight excluding hydrogens is 544 g/mol. The Morgan fingerprint density at radius 1 is 1.05 bits per heavy atom. The van der Waals surface area contributed by atoms with E-state index >= 15 is 0 Å². The summed E-state index contributed by atoms with van der Waals surface area (Å²) in [5.41, 5.74) is -0.424. The van der Waals surface area contributed by atoms with E-state index in [0.717, 1.165) is 58.0 Å². The highest BCUT2D eigenvalue weighted by molar-refractivity contribution is 6.05. The zero-order valence-corrected chi connectivity index (χ0v) is 22.2. The first-order chi connectivity index (χ1) is 19.7. The van der Waals surface area contributed by atoms with Gasteiger partial charge in [-0.05, 0) is 42.9 Å². The van der Waals surface area contributed by atoms with Crippen molar-refractivity contribution in [2.45, 2.75) is 13.1 Å². The van der Waals surface area contributed by atoms with Gasteiger partial charge in [0.05, 0.1) is 24.6 Å². The van der Waals surface area contributed by atoms with Gasteiger partial charge in [0.15, 0.2) is 5.82 Å². The van der Waals surface area contributed by atoms with Crippen molar-refractivity contribution < 1.29 is 27.1 Å². The number of hydrogen-bond acceptors (Lipinski definition) is 9. The van der Waals surface area contributed by atoms with Gasteiger partial charge in [0.2, 0.25) is 5.95 Å². The molecule has 5 rings (SSSR count). The van der Waals surface area contributed by atoms with E-state index in [-0.39, 0.29) is 28.5 Å². The van der Waals surface area contributed by atoms with Crippen molar-refractivity contribution in [3.05, 3.63) is 65.9 Å². The minimum atomic E-state index is -4.69. The summed E-state index contributed by atoms with van der Waals surface area (Å²) in [6.07, 6.45) is -1.84. The van der Waals surface area contributed by atoms with Crippen LogP contribution in [0.4, 0.5) is 40.7 Å². The van der Waals surface area contributed by atoms with Crippen LogP contribution in [0.25, 0.3) is 11.0 Å². The van der Waals surface area contributed by atoms with E-state index in [4.69, 9.17) is 4.74 Å². The highest BCUT2D eigenvalue weighted by Crippen LogP contribution is 2.38. The number of methoxy groups -OCH3 is 1. The zero-order chi connectivity index (χ0) is 29.1. The molecule has 0 bridgehead atoms. The molecule has 1 saturated heterocycles. The topological polar surface area (TPSA) is 108 Å². The van der Waals surface area contributed by atoms with Crippen LogP contribution in [0.5, 0.6) is 5.75 Å². The highest BCUT2D eigenvalue weighted by Gasteiger charge is 2.34. The van der Waals surface area contributed by atoms with Crippen LogP contribution in [0.3, 0.4) is 0 Å². The van der Waals surface area contributed by atoms with E-state index in [0.29, 0.717) is 17.0 Å². The molecule has 14 heteroatoms. The number of piperazine rings is 1. The number of benzene rings is 2. The number of aromatic nitrogens is 4. The van der Waals surface area contributed by atoms with Crippen molar-refractivity contribution in [3.63, 3.8) is 0 Å². The van der Waals surface area contributed by atoms with Crippen LogP contribution < -0.4 is 20.3 Å². The summed E-state index contributed by atoms with van der Waals surface area (Å²) < 4.78 is 59.8. The smallest absolute Gasteiger partial charge is 0.420 e. The van der Waals surface area contributed by atoms with Crippen LogP contribution in [0.2, 0.25) is 0 Å². The van der Waals surface area contributed by atoms with Gasteiger partial charge in [0.1, 0.15) is 28.9 Å². The third kappa shape index (κ3) is 6.11. The Bertz CT molecular complexity index is 1580. The number of fused-ring (bicyclic) bond motifs is 1. The Kier molecular flexibility index (Phi) is 7.83. The van der Waals surface area contributed by atoms with Gasteiger partial charge in [-0.3, -0.25) is 4.79 Å². The molecule has 0 aliphatic carbocycles. The number of alkyl halides is 3. The van der Waals surface area contributed by atoms with E-state index in [2.05, 4.69) is 47.3 Å². The van der Waals surface area contributed by atoms with Crippen LogP contribution >= 0.6 is 0 Å². The summed E-state index contributed by atoms with van der Waals surface area (Å²) in [6, 6.07) is 6.68. The molecule has 4 aromatic rings. The fraction of sp³-hybridized carbons (Fsp3) is 0.296. The Labute approximate surface area is 232 Å². The van der Waals surface area contributed by atoms with Crippen LogP contribution in [0, 0.1) is 5.82 Å². The molecule has 0 unspecified atom stereocenters. The van der Waals surface area contributed by atoms with E-state index in [1.807, 2.05) is 0 Å². The van der Waals surface area contributed by atoms with Gasteiger partial charge in [-0.25, -0.2) is 24.3 Å². The number of likely N-dealkylation sites (N-methyl/N-ethyl adjacent to an activating group) is 1. The van der Waals surface area contributed by atoms with E-state index in [1.165, 1.54) is 24.5 Å². The molecule has 10 nitrogen and oxygen atoms in total. The lowest BCUT2D eigenvalue weighted by Crippen LogP contribution is -2.46. The van der Waals surface area contributed by atoms with Crippen molar-refractivity contribution in [1.29, 1.82) is 0 Å². The summed E-state index contributed by atoms with van der Waals surface area (Å²) in [5.74, 6) is -1.10. The fourth-order valence-corrected chi connectivity index (χ4v) is 4.45. The molecule has 0 saturated carbocycles. The molecule has 2 aromatic heterocycles. The number of nitrogens with one attached hydrogen (secondary N) is 2. The van der Waals surface area contributed by atoms with Gasteiger partial charge in [-0.2, -0.15) is 13.2 Å². The van der Waals surface area contributed by atoms with Gasteiger partial charge < -0.3 is 25.2 Å². The third-order valence-electron chi connectivity index (χ3n) is 6.71. The standard InChI is InChI=1S/C27H26F4N8O2/c1-3-38-8-10-39(11-9-38)26-32-14-21-23(37-26)24(34-15-33-21)36-20-12-16(4-6-19(20)28)25(40)35-17-5-7-22(41-2)18(13-17)27(29,30)31/h4-7,12-15H,3,8-11H2,1-2H3,(H,35,40)(H,33,34,36). The number of carbonyl (C=O) groups excluding carboxylic acids is 1. The van der Waals surface area contributed by atoms with Crippen molar-refractivity contribution in [2.24, 2.45) is 0 Å². The van der Waals surface area contributed by atoms with Gasteiger partial charge in [-0.1, -0.05) is 6.92 Å². The predicted molar refractivity (Wildman–Crippen MR) is 145 cm³/mol. The number of anilines is 4. The number of carbonyl (C=O) groups is 1. The minimum absolute atomic E-state index is 0.000693. The van der Waals surface area contributed by atoms with Crippen molar-refractivity contribution >= 4 is 40.1 Å². The Hall–Kier alpha value is -4.59. The molecule has 0 atom stereocenters. The summed E-state index contributed by atoms with van der Waals surface area (Å²) in [5, 5.41) is 5.29. The van der Waals surface area contributed by atoms with Crippen LogP contribution in [0.15, 0.2) is 48.9 Å². The highest BCUT2D eigenvalue weighted by atomic mass is 19.4. The summed E-state index contributed by atoms with van der Waals surface area (Å²) in [4.78, 5) is 34.8. The Morgan fingerprint density at radius 3 is 2.54 bits per heavy atom. The van der Waals surface area contributed by atoms with E-state index < -0.39 is 23.5 Å². The SMILES string of the molecule is CCN1CCN(c2ncc3ncnc(Nc4cc(C(=O)Nc5ccc(OC)c(C(F)(F)F)c5)ccc4F)c3n2)CC1. The molecule has 1 amide bonds. The Balaban J connectivity index is 1.39. The van der Waals surface area contributed by atoms with Gasteiger partial charge in [0, 0.05) is 37.4 Å². The van der Waals surface area contributed by atoms with Crippen molar-refractivity contribution in [3.8, 4) is 5.75 Å². The van der Waals surface area contributed by atoms with Gasteiger partial charge >= 0.3 is 6.18 Å². The lowest BCUT2D eigenvalue weighted by Gasteiger charge is -2.34. The summed E-state index contributed by atoms with van der Waals surface area (Å²) in [7, 11) is 1.12. The fourth-order valence-electron chi connectivity index (χ4n) is 4.45. The quantitative estimate of drug-likeness (QED) is 0.305. The maximum absolute atomic E-state index is 14.8. The molecule has 41 heavy (non-hydrogen) atoms. The van der Waals surface area contributed by atoms with Crippen LogP contribution in [-0.2, 0) is 6.18 Å². The number of halogens is 4. The molecule has 0 spiro atoms. The summed E-state index contributed by atoms with van der Waals surface area (Å²) >= 11 is 0. The first kappa shape index (κ1) is 28.0. The van der Waals surface area contributed by atoms with E-state index in [1.54, 1.807) is 6.20 Å². The van der Waals surface area contributed by atoms with Crippen molar-refractivity contribution in [2.75, 3.05) is 55.4 Å². The lowest BCUT2D eigenvalue weighted by atomic mass is 10.1. The number of nitrogens with zero attached hydrogens (tertiary/aromatic N) is 6. The van der Waals surface area contributed by atoms with Gasteiger partial charge in [-0.15, -0.1) is 0 Å². The molecule has 0 radical (unpaired) electrons. The molecule has 2 aromatic carbocycles. The minimum Gasteiger partial charge on any atom is -0.496 e. The molecule has 1 aliphatic heterocycles. The molecule has 2 N–H and O–H groups in total. The summed E-state index contributed by atoms with van der Waals surface area (Å²) in [6.45, 7) is 6.33. The number of amides is 1. The van der Waals surface area contributed by atoms with Crippen LogP contribution in [-0.4, -0.2) is 70.6 Å². The molecule has 1 fully saturated rings. The maximum Gasteiger partial charge on any atom is 0.420 e. The predicted octanol–water partition coefficient (Wildman–Crippen LogP) is 4.72. The normalized spacial score (nSPS) is 14.2. The number of hydrogen-bond donors (Lipinski definition) is 2. The first-order valence-electron chi connectivity index (χ1n) is 12.7. The molecule has 3 heterocycles.